The molecule has 1 aliphatic heterocycles. The lowest BCUT2D eigenvalue weighted by Crippen LogP contribution is -2.46. The van der Waals surface area contributed by atoms with Crippen molar-refractivity contribution in [1.29, 1.82) is 0 Å². The topological polar surface area (TPSA) is 49.8 Å². The van der Waals surface area contributed by atoms with Gasteiger partial charge < -0.3 is 9.84 Å². The number of rotatable bonds is 4. The SMILES string of the molecule is CC(=O)CN(C)CC1(O)CCOCC1. The quantitative estimate of drug-likeness (QED) is 0.698. The summed E-state index contributed by atoms with van der Waals surface area (Å²) in [4.78, 5) is 12.7. The van der Waals surface area contributed by atoms with E-state index in [1.807, 2.05) is 11.9 Å². The van der Waals surface area contributed by atoms with E-state index in [9.17, 15) is 9.90 Å². The lowest BCUT2D eigenvalue weighted by atomic mass is 9.94. The number of carbonyl (C=O) groups excluding carboxylic acids is 1. The molecule has 0 saturated carbocycles. The van der Waals surface area contributed by atoms with Crippen LogP contribution in [0.1, 0.15) is 19.8 Å². The zero-order valence-corrected chi connectivity index (χ0v) is 8.95. The van der Waals surface area contributed by atoms with Crippen molar-refractivity contribution in [2.75, 3.05) is 33.4 Å². The summed E-state index contributed by atoms with van der Waals surface area (Å²) >= 11 is 0. The highest BCUT2D eigenvalue weighted by molar-refractivity contribution is 5.77. The standard InChI is InChI=1S/C10H19NO3/c1-9(12)7-11(2)8-10(13)3-5-14-6-4-10/h13H,3-8H2,1-2H3. The maximum Gasteiger partial charge on any atom is 0.143 e. The molecule has 0 aliphatic carbocycles. The average molecular weight is 201 g/mol. The summed E-state index contributed by atoms with van der Waals surface area (Å²) in [5.74, 6) is 0.128. The highest BCUT2D eigenvalue weighted by Crippen LogP contribution is 2.20. The third-order valence-electron chi connectivity index (χ3n) is 2.48. The second-order valence-electron chi connectivity index (χ2n) is 4.21. The first-order valence-corrected chi connectivity index (χ1v) is 5.00. The van der Waals surface area contributed by atoms with Crippen LogP contribution in [0.2, 0.25) is 0 Å². The zero-order chi connectivity index (χ0) is 10.6. The van der Waals surface area contributed by atoms with Gasteiger partial charge in [0.1, 0.15) is 5.78 Å². The summed E-state index contributed by atoms with van der Waals surface area (Å²) in [6.45, 7) is 3.75. The number of hydrogen-bond acceptors (Lipinski definition) is 4. The Labute approximate surface area is 84.8 Å². The molecule has 82 valence electrons. The molecule has 0 aromatic rings. The normalized spacial score (nSPS) is 21.1. The van der Waals surface area contributed by atoms with Gasteiger partial charge in [0.05, 0.1) is 12.1 Å². The van der Waals surface area contributed by atoms with Crippen molar-refractivity contribution in [3.8, 4) is 0 Å². The molecule has 1 fully saturated rings. The number of hydrogen-bond donors (Lipinski definition) is 1. The Balaban J connectivity index is 2.36. The van der Waals surface area contributed by atoms with Crippen LogP contribution >= 0.6 is 0 Å². The molecule has 4 heteroatoms. The van der Waals surface area contributed by atoms with Gasteiger partial charge in [0.15, 0.2) is 0 Å². The van der Waals surface area contributed by atoms with Crippen molar-refractivity contribution in [2.24, 2.45) is 0 Å². The van der Waals surface area contributed by atoms with E-state index in [-0.39, 0.29) is 5.78 Å². The van der Waals surface area contributed by atoms with Crippen molar-refractivity contribution >= 4 is 5.78 Å². The third-order valence-corrected chi connectivity index (χ3v) is 2.48. The van der Waals surface area contributed by atoms with Crippen molar-refractivity contribution in [1.82, 2.24) is 4.90 Å². The Morgan fingerprint density at radius 2 is 2.07 bits per heavy atom. The number of ether oxygens (including phenoxy) is 1. The van der Waals surface area contributed by atoms with Crippen molar-refractivity contribution < 1.29 is 14.6 Å². The number of aliphatic hydroxyl groups is 1. The predicted molar refractivity (Wildman–Crippen MR) is 53.2 cm³/mol. The van der Waals surface area contributed by atoms with Gasteiger partial charge in [-0.1, -0.05) is 0 Å². The Bertz CT molecular complexity index is 200. The number of nitrogens with zero attached hydrogens (tertiary/aromatic N) is 1. The van der Waals surface area contributed by atoms with Crippen molar-refractivity contribution in [3.05, 3.63) is 0 Å². The molecule has 0 aromatic carbocycles. The highest BCUT2D eigenvalue weighted by atomic mass is 16.5. The molecular weight excluding hydrogens is 182 g/mol. The highest BCUT2D eigenvalue weighted by Gasteiger charge is 2.30. The van der Waals surface area contributed by atoms with Crippen LogP contribution in [0.25, 0.3) is 0 Å². The molecule has 0 atom stereocenters. The Morgan fingerprint density at radius 1 is 1.50 bits per heavy atom. The number of ketones is 1. The molecule has 1 aliphatic rings. The van der Waals surface area contributed by atoms with Crippen molar-refractivity contribution in [3.63, 3.8) is 0 Å². The molecule has 1 heterocycles. The van der Waals surface area contributed by atoms with E-state index in [0.29, 0.717) is 39.1 Å². The molecule has 0 aromatic heterocycles. The van der Waals surface area contributed by atoms with Gasteiger partial charge in [-0.25, -0.2) is 0 Å². The molecule has 1 N–H and O–H groups in total. The van der Waals surface area contributed by atoms with Gasteiger partial charge in [0, 0.05) is 32.6 Å². The van der Waals surface area contributed by atoms with Crippen LogP contribution in [0, 0.1) is 0 Å². The summed E-state index contributed by atoms with van der Waals surface area (Å²) in [6.07, 6.45) is 1.32. The molecule has 0 radical (unpaired) electrons. The van der Waals surface area contributed by atoms with Crippen molar-refractivity contribution in [2.45, 2.75) is 25.4 Å². The van der Waals surface area contributed by atoms with E-state index in [0.717, 1.165) is 0 Å². The summed E-state index contributed by atoms with van der Waals surface area (Å²) < 4.78 is 5.18. The van der Waals surface area contributed by atoms with Gasteiger partial charge in [0.25, 0.3) is 0 Å². The smallest absolute Gasteiger partial charge is 0.143 e. The summed E-state index contributed by atoms with van der Waals surface area (Å²) in [5, 5.41) is 10.1. The van der Waals surface area contributed by atoms with E-state index in [4.69, 9.17) is 4.74 Å². The van der Waals surface area contributed by atoms with Crippen LogP contribution in [-0.4, -0.2) is 54.7 Å². The molecule has 0 bridgehead atoms. The number of likely N-dealkylation sites (N-methyl/N-ethyl adjacent to an activating group) is 1. The van der Waals surface area contributed by atoms with Gasteiger partial charge in [-0.15, -0.1) is 0 Å². The molecule has 4 nitrogen and oxygen atoms in total. The van der Waals surface area contributed by atoms with Crippen LogP contribution in [0.4, 0.5) is 0 Å². The Hall–Kier alpha value is -0.450. The second kappa shape index (κ2) is 4.87. The van der Waals surface area contributed by atoms with Gasteiger partial charge in [0.2, 0.25) is 0 Å². The largest absolute Gasteiger partial charge is 0.388 e. The summed E-state index contributed by atoms with van der Waals surface area (Å²) in [6, 6.07) is 0. The van der Waals surface area contributed by atoms with Crippen LogP contribution in [-0.2, 0) is 9.53 Å². The lowest BCUT2D eigenvalue weighted by molar-refractivity contribution is -0.119. The fraction of sp³-hybridized carbons (Fsp3) is 0.900. The molecule has 1 saturated heterocycles. The Kier molecular flexibility index (Phi) is 4.04. The molecular formula is C10H19NO3. The minimum Gasteiger partial charge on any atom is -0.388 e. The zero-order valence-electron chi connectivity index (χ0n) is 8.95. The van der Waals surface area contributed by atoms with Crippen LogP contribution in [0.5, 0.6) is 0 Å². The van der Waals surface area contributed by atoms with E-state index in [1.54, 1.807) is 6.92 Å². The first-order valence-electron chi connectivity index (χ1n) is 5.00. The lowest BCUT2D eigenvalue weighted by Gasteiger charge is -2.35. The maximum atomic E-state index is 10.9. The molecule has 0 spiro atoms. The summed E-state index contributed by atoms with van der Waals surface area (Å²) in [5.41, 5.74) is -0.664. The molecule has 1 rings (SSSR count). The fourth-order valence-corrected chi connectivity index (χ4v) is 1.85. The van der Waals surface area contributed by atoms with E-state index in [2.05, 4.69) is 0 Å². The monoisotopic (exact) mass is 201 g/mol. The summed E-state index contributed by atoms with van der Waals surface area (Å²) in [7, 11) is 1.86. The Morgan fingerprint density at radius 3 is 2.57 bits per heavy atom. The van der Waals surface area contributed by atoms with E-state index < -0.39 is 5.60 Å². The van der Waals surface area contributed by atoms with Crippen LogP contribution in [0.3, 0.4) is 0 Å². The molecule has 0 amide bonds. The number of carbonyl (C=O) groups is 1. The third kappa shape index (κ3) is 3.74. The van der Waals surface area contributed by atoms with E-state index in [1.165, 1.54) is 0 Å². The first-order chi connectivity index (χ1) is 6.52. The molecule has 14 heavy (non-hydrogen) atoms. The number of Topliss-reactive ketones (excluding diaryl/α,β-unsaturated/α-hetero) is 1. The van der Waals surface area contributed by atoms with Crippen LogP contribution < -0.4 is 0 Å². The maximum absolute atomic E-state index is 10.9. The minimum atomic E-state index is -0.664. The van der Waals surface area contributed by atoms with Crippen LogP contribution in [0.15, 0.2) is 0 Å². The average Bonchev–Trinajstić information content (AvgIpc) is 2.02. The van der Waals surface area contributed by atoms with E-state index >= 15 is 0 Å². The second-order valence-corrected chi connectivity index (χ2v) is 4.21. The minimum absolute atomic E-state index is 0.128. The van der Waals surface area contributed by atoms with Gasteiger partial charge in [-0.05, 0) is 14.0 Å². The fourth-order valence-electron chi connectivity index (χ4n) is 1.85. The predicted octanol–water partition coefficient (Wildman–Crippen LogP) is 0.0487. The first kappa shape index (κ1) is 11.6. The van der Waals surface area contributed by atoms with Gasteiger partial charge in [-0.2, -0.15) is 0 Å². The van der Waals surface area contributed by atoms with Gasteiger partial charge in [-0.3, -0.25) is 9.69 Å². The molecule has 0 unspecified atom stereocenters. The van der Waals surface area contributed by atoms with Gasteiger partial charge >= 0.3 is 0 Å².